The molecule has 57 heavy (non-hydrogen) atoms. The summed E-state index contributed by atoms with van der Waals surface area (Å²) in [7, 11) is 0. The molecule has 0 N–H and O–H groups in total. The van der Waals surface area contributed by atoms with Crippen molar-refractivity contribution < 1.29 is 9.15 Å². The van der Waals surface area contributed by atoms with Gasteiger partial charge < -0.3 is 18.9 Å². The van der Waals surface area contributed by atoms with Crippen molar-refractivity contribution in [3.05, 3.63) is 125 Å². The van der Waals surface area contributed by atoms with Crippen LogP contribution in [0.3, 0.4) is 0 Å². The number of rotatable bonds is 1. The first-order valence-electron chi connectivity index (χ1n) is 20.6. The van der Waals surface area contributed by atoms with E-state index in [2.05, 4.69) is 196 Å². The molecule has 0 aliphatic carbocycles. The second kappa shape index (κ2) is 11.6. The van der Waals surface area contributed by atoms with Gasteiger partial charge in [-0.2, -0.15) is 0 Å². The van der Waals surface area contributed by atoms with Gasteiger partial charge in [-0.3, -0.25) is 0 Å². The summed E-state index contributed by atoms with van der Waals surface area (Å²) in [5.41, 5.74) is 17.5. The first kappa shape index (κ1) is 36.0. The molecule has 0 fully saturated rings. The van der Waals surface area contributed by atoms with E-state index in [1.54, 1.807) is 0 Å². The van der Waals surface area contributed by atoms with E-state index in [-0.39, 0.29) is 28.5 Å². The van der Waals surface area contributed by atoms with Gasteiger partial charge in [-0.05, 0) is 109 Å². The fourth-order valence-corrected chi connectivity index (χ4v) is 9.26. The Morgan fingerprint density at radius 1 is 0.509 bits per heavy atom. The minimum Gasteiger partial charge on any atom is -0.452 e. The largest absolute Gasteiger partial charge is 0.452 e. The van der Waals surface area contributed by atoms with E-state index in [1.165, 1.54) is 61.4 Å². The zero-order chi connectivity index (χ0) is 40.1. The fraction of sp³-hybridized carbons (Fsp3) is 0.308. The molecule has 286 valence electrons. The van der Waals surface area contributed by atoms with Gasteiger partial charge in [0.05, 0.1) is 11.4 Å². The summed E-state index contributed by atoms with van der Waals surface area (Å²) in [5.74, 6) is 1.65. The molecular formula is C52H53BN2O2. The first-order valence-corrected chi connectivity index (χ1v) is 20.6. The van der Waals surface area contributed by atoms with Crippen LogP contribution in [0.2, 0.25) is 0 Å². The van der Waals surface area contributed by atoms with Gasteiger partial charge >= 0.3 is 6.85 Å². The van der Waals surface area contributed by atoms with Gasteiger partial charge in [0.15, 0.2) is 17.1 Å². The molecule has 5 heteroatoms. The smallest absolute Gasteiger partial charge is 0.333 e. The van der Waals surface area contributed by atoms with Crippen LogP contribution in [-0.2, 0) is 21.7 Å². The van der Waals surface area contributed by atoms with E-state index in [9.17, 15) is 0 Å². The topological polar surface area (TPSA) is 28.9 Å². The minimum absolute atomic E-state index is 0.0381. The molecule has 0 atom stereocenters. The summed E-state index contributed by atoms with van der Waals surface area (Å²) >= 11 is 0. The highest BCUT2D eigenvalue weighted by atomic mass is 16.5. The highest BCUT2D eigenvalue weighted by molar-refractivity contribution is 6.93. The lowest BCUT2D eigenvalue weighted by molar-refractivity contribution is 0.469. The summed E-state index contributed by atoms with van der Waals surface area (Å²) in [6.07, 6.45) is 0. The summed E-state index contributed by atoms with van der Waals surface area (Å²) < 4.78 is 14.0. The Balaban J connectivity index is 1.36. The second-order valence-corrected chi connectivity index (χ2v) is 20.7. The number of anilines is 5. The molecule has 4 heterocycles. The number of fused-ring (bicyclic) bond motifs is 10. The number of hydrogen-bond acceptors (Lipinski definition) is 4. The molecule has 0 bridgehead atoms. The van der Waals surface area contributed by atoms with E-state index >= 15 is 0 Å². The van der Waals surface area contributed by atoms with Crippen LogP contribution in [0.5, 0.6) is 11.5 Å². The number of para-hydroxylation sites is 1. The summed E-state index contributed by atoms with van der Waals surface area (Å²) in [5, 5.41) is 2.17. The van der Waals surface area contributed by atoms with E-state index in [0.29, 0.717) is 0 Å². The Kier molecular flexibility index (Phi) is 7.31. The van der Waals surface area contributed by atoms with Crippen LogP contribution in [0, 0.1) is 0 Å². The monoisotopic (exact) mass is 748 g/mol. The number of hydrogen-bond donors (Lipinski definition) is 0. The molecule has 0 saturated carbocycles. The average molecular weight is 749 g/mol. The van der Waals surface area contributed by atoms with Gasteiger partial charge in [-0.15, -0.1) is 0 Å². The second-order valence-electron chi connectivity index (χ2n) is 20.7. The van der Waals surface area contributed by atoms with Gasteiger partial charge in [-0.1, -0.05) is 138 Å². The average Bonchev–Trinajstić information content (AvgIpc) is 3.52. The molecule has 4 nitrogen and oxygen atoms in total. The van der Waals surface area contributed by atoms with Crippen molar-refractivity contribution in [1.29, 1.82) is 0 Å². The zero-order valence-electron chi connectivity index (χ0n) is 35.6. The van der Waals surface area contributed by atoms with Crippen molar-refractivity contribution in [2.45, 2.75) is 105 Å². The third-order valence-corrected chi connectivity index (χ3v) is 12.6. The summed E-state index contributed by atoms with van der Waals surface area (Å²) in [6.45, 7) is 27.5. The molecule has 1 aromatic heterocycles. The Hall–Kier alpha value is -5.42. The normalized spacial score (nSPS) is 14.7. The van der Waals surface area contributed by atoms with Gasteiger partial charge in [0.25, 0.3) is 0 Å². The van der Waals surface area contributed by atoms with Crippen LogP contribution in [0.1, 0.15) is 105 Å². The molecule has 6 aromatic carbocycles. The first-order chi connectivity index (χ1) is 26.8. The summed E-state index contributed by atoms with van der Waals surface area (Å²) in [4.78, 5) is 5.14. The molecule has 0 unspecified atom stereocenters. The highest BCUT2D eigenvalue weighted by Crippen LogP contribution is 2.59. The Morgan fingerprint density at radius 3 is 1.81 bits per heavy atom. The molecule has 0 saturated heterocycles. The number of nitrogens with zero attached hydrogens (tertiary/aromatic N) is 2. The maximum Gasteiger partial charge on any atom is 0.333 e. The number of ether oxygens (including phenoxy) is 1. The maximum atomic E-state index is 7.19. The molecule has 3 aliphatic rings. The van der Waals surface area contributed by atoms with Gasteiger partial charge in [0.2, 0.25) is 0 Å². The van der Waals surface area contributed by atoms with Crippen LogP contribution in [0.4, 0.5) is 28.4 Å². The predicted octanol–water partition coefficient (Wildman–Crippen LogP) is 13.6. The van der Waals surface area contributed by atoms with Gasteiger partial charge in [0.1, 0.15) is 5.58 Å². The Morgan fingerprint density at radius 2 is 1.12 bits per heavy atom. The van der Waals surface area contributed by atoms with Crippen molar-refractivity contribution >= 4 is 68.1 Å². The lowest BCUT2D eigenvalue weighted by Crippen LogP contribution is -2.62. The van der Waals surface area contributed by atoms with Crippen molar-refractivity contribution in [3.8, 4) is 22.6 Å². The van der Waals surface area contributed by atoms with Crippen molar-refractivity contribution in [2.24, 2.45) is 0 Å². The third kappa shape index (κ3) is 5.34. The van der Waals surface area contributed by atoms with Crippen LogP contribution in [0.15, 0.2) is 108 Å². The van der Waals surface area contributed by atoms with Crippen LogP contribution in [0.25, 0.3) is 33.1 Å². The van der Waals surface area contributed by atoms with Gasteiger partial charge in [-0.25, -0.2) is 0 Å². The van der Waals surface area contributed by atoms with Crippen LogP contribution < -0.4 is 25.4 Å². The Labute approximate surface area is 338 Å². The fourth-order valence-electron chi connectivity index (χ4n) is 9.26. The van der Waals surface area contributed by atoms with Crippen molar-refractivity contribution in [2.75, 3.05) is 9.71 Å². The molecule has 0 amide bonds. The van der Waals surface area contributed by atoms with Crippen molar-refractivity contribution in [3.63, 3.8) is 0 Å². The predicted molar refractivity (Wildman–Crippen MR) is 242 cm³/mol. The van der Waals surface area contributed by atoms with Crippen LogP contribution >= 0.6 is 0 Å². The maximum absolute atomic E-state index is 7.19. The van der Waals surface area contributed by atoms with Gasteiger partial charge in [0, 0.05) is 33.4 Å². The third-order valence-electron chi connectivity index (χ3n) is 12.6. The van der Waals surface area contributed by atoms with E-state index in [4.69, 9.17) is 9.15 Å². The molecule has 0 radical (unpaired) electrons. The van der Waals surface area contributed by atoms with E-state index in [1.807, 2.05) is 0 Å². The number of furan rings is 1. The number of benzene rings is 6. The molecule has 3 aliphatic heterocycles. The molecule has 7 aromatic rings. The summed E-state index contributed by atoms with van der Waals surface area (Å²) in [6, 6.07) is 39.1. The highest BCUT2D eigenvalue weighted by Gasteiger charge is 2.49. The lowest BCUT2D eigenvalue weighted by atomic mass is 9.43. The van der Waals surface area contributed by atoms with E-state index in [0.717, 1.165) is 44.8 Å². The van der Waals surface area contributed by atoms with Crippen LogP contribution in [-0.4, -0.2) is 6.85 Å². The molecule has 10 rings (SSSR count). The van der Waals surface area contributed by atoms with E-state index < -0.39 is 0 Å². The standard InChI is InChI=1S/C52H53BN2O2/c1-49(2,3)30-17-21-34(22-18-30)54-41-26-31(50(4,5)6)19-23-39(41)53-45-36(25-33(27-42(45)54)52(10,11)12)37-29-38-35-15-13-14-16-43(35)56-47(38)48-46(37)55(53)40-24-20-32(51(7,8)9)28-44(40)57-48/h13-29H,1-12H3. The SMILES string of the molecule is CC(C)(C)c1ccc(N2c3cc(C(C)(C)C)ccc3B3c4c(cc(C(C)(C)C)cc42)-c2cc4c(oc5ccccc54)c4c2N3c2ccc(C(C)(C)C)cc2O4)cc1. The molecule has 0 spiro atoms. The Bertz CT molecular complexity index is 2820. The zero-order valence-corrected chi connectivity index (χ0v) is 35.6. The quantitative estimate of drug-likeness (QED) is 0.156. The lowest BCUT2D eigenvalue weighted by Gasteiger charge is -2.48. The van der Waals surface area contributed by atoms with Crippen molar-refractivity contribution in [1.82, 2.24) is 0 Å². The molecular weight excluding hydrogens is 695 g/mol. The minimum atomic E-state index is -0.116.